The van der Waals surface area contributed by atoms with Gasteiger partial charge in [0.15, 0.2) is 0 Å². The lowest BCUT2D eigenvalue weighted by Gasteiger charge is -2.37. The van der Waals surface area contributed by atoms with E-state index in [-0.39, 0.29) is 11.9 Å². The van der Waals surface area contributed by atoms with Gasteiger partial charge in [-0.1, -0.05) is 31.5 Å². The first-order valence-electron chi connectivity index (χ1n) is 10.8. The third kappa shape index (κ3) is 6.06. The Morgan fingerprint density at radius 1 is 1.23 bits per heavy atom. The van der Waals surface area contributed by atoms with E-state index in [0.717, 1.165) is 18.7 Å². The van der Waals surface area contributed by atoms with Gasteiger partial charge in [0.2, 0.25) is 5.91 Å². The third-order valence-electron chi connectivity index (χ3n) is 5.35. The van der Waals surface area contributed by atoms with E-state index in [9.17, 15) is 9.90 Å². The molecular formula is C24H34N2O3S. The quantitative estimate of drug-likeness (QED) is 0.656. The first-order valence-corrected chi connectivity index (χ1v) is 11.7. The Hall–Kier alpha value is -1.89. The molecule has 2 aromatic rings. The van der Waals surface area contributed by atoms with Gasteiger partial charge in [-0.3, -0.25) is 9.69 Å². The topological polar surface area (TPSA) is 53.0 Å². The van der Waals surface area contributed by atoms with Crippen molar-refractivity contribution in [1.82, 2.24) is 9.80 Å². The maximum atomic E-state index is 13.3. The summed E-state index contributed by atoms with van der Waals surface area (Å²) < 4.78 is 6.10. The summed E-state index contributed by atoms with van der Waals surface area (Å²) in [6, 6.07) is 10.1. The van der Waals surface area contributed by atoms with Crippen LogP contribution in [0.1, 0.15) is 42.8 Å². The zero-order valence-electron chi connectivity index (χ0n) is 18.5. The summed E-state index contributed by atoms with van der Waals surface area (Å²) >= 11 is 1.76. The smallest absolute Gasteiger partial charge is 0.237 e. The van der Waals surface area contributed by atoms with Crippen molar-refractivity contribution in [2.24, 2.45) is 5.92 Å². The van der Waals surface area contributed by atoms with E-state index in [2.05, 4.69) is 37.1 Å². The number of ether oxygens (including phenoxy) is 1. The second-order valence-electron chi connectivity index (χ2n) is 8.71. The number of hydrogen-bond donors (Lipinski definition) is 1. The second kappa shape index (κ2) is 10.4. The van der Waals surface area contributed by atoms with Gasteiger partial charge in [-0.15, -0.1) is 11.3 Å². The summed E-state index contributed by atoms with van der Waals surface area (Å²) in [5, 5.41) is 12.0. The molecule has 2 heterocycles. The normalized spacial score (nSPS) is 17.3. The molecule has 1 amide bonds. The molecule has 0 spiro atoms. The summed E-state index contributed by atoms with van der Waals surface area (Å²) in [6.07, 6.45) is 0.433. The van der Waals surface area contributed by atoms with Gasteiger partial charge >= 0.3 is 0 Å². The molecule has 0 saturated heterocycles. The number of carbonyl (C=O) groups excluding carboxylic acids is 1. The number of aryl methyl sites for hydroxylation is 1. The van der Waals surface area contributed by atoms with Gasteiger partial charge in [0, 0.05) is 24.5 Å². The van der Waals surface area contributed by atoms with Crippen LogP contribution >= 0.6 is 11.3 Å². The molecule has 0 aliphatic carbocycles. The maximum absolute atomic E-state index is 13.3. The molecule has 1 N–H and O–H groups in total. The molecule has 0 bridgehead atoms. The lowest BCUT2D eigenvalue weighted by molar-refractivity contribution is -0.136. The molecule has 1 aliphatic rings. The lowest BCUT2D eigenvalue weighted by Crippen LogP contribution is -2.48. The Balaban J connectivity index is 1.73. The number of aliphatic hydroxyl groups is 1. The summed E-state index contributed by atoms with van der Waals surface area (Å²) in [5.74, 6) is 1.36. The standard InChI is InChI=1S/C24H34N2O3S/c1-17(2)13-25(14-19(4)27)15-24(28)26-11-9-23-21(10-12-30-23)22(26)16-29-20-7-5-18(3)6-8-20/h5-8,10,12,17,19,22,27H,9,11,13-16H2,1-4H3/t19-,22+/m0/s1. The van der Waals surface area contributed by atoms with Crippen LogP contribution in [0, 0.1) is 12.8 Å². The zero-order chi connectivity index (χ0) is 21.7. The minimum atomic E-state index is -0.456. The predicted octanol–water partition coefficient (Wildman–Crippen LogP) is 3.90. The van der Waals surface area contributed by atoms with Crippen molar-refractivity contribution >= 4 is 17.2 Å². The summed E-state index contributed by atoms with van der Waals surface area (Å²) in [4.78, 5) is 18.7. The molecular weight excluding hydrogens is 396 g/mol. The fraction of sp³-hybridized carbons (Fsp3) is 0.542. The van der Waals surface area contributed by atoms with E-state index >= 15 is 0 Å². The first-order chi connectivity index (χ1) is 14.3. The number of nitrogens with zero attached hydrogens (tertiary/aromatic N) is 2. The summed E-state index contributed by atoms with van der Waals surface area (Å²) in [5.41, 5.74) is 2.40. The Labute approximate surface area is 184 Å². The Bertz CT molecular complexity index is 806. The maximum Gasteiger partial charge on any atom is 0.237 e. The average Bonchev–Trinajstić information content (AvgIpc) is 3.15. The van der Waals surface area contributed by atoms with E-state index < -0.39 is 6.10 Å². The molecule has 164 valence electrons. The second-order valence-corrected chi connectivity index (χ2v) is 9.71. The summed E-state index contributed by atoms with van der Waals surface area (Å²) in [6.45, 7) is 10.9. The van der Waals surface area contributed by atoms with Gasteiger partial charge in [-0.05, 0) is 55.3 Å². The minimum absolute atomic E-state index is 0.0822. The molecule has 0 unspecified atom stereocenters. The van der Waals surface area contributed by atoms with E-state index in [1.807, 2.05) is 29.2 Å². The molecule has 6 heteroatoms. The Morgan fingerprint density at radius 2 is 1.97 bits per heavy atom. The Kier molecular flexibility index (Phi) is 7.92. The number of hydrogen-bond acceptors (Lipinski definition) is 5. The van der Waals surface area contributed by atoms with Crippen LogP contribution in [0.3, 0.4) is 0 Å². The van der Waals surface area contributed by atoms with Crippen LogP contribution in [0.15, 0.2) is 35.7 Å². The molecule has 0 saturated carbocycles. The largest absolute Gasteiger partial charge is 0.491 e. The molecule has 30 heavy (non-hydrogen) atoms. The van der Waals surface area contributed by atoms with E-state index in [0.29, 0.717) is 32.2 Å². The molecule has 2 atom stereocenters. The van der Waals surface area contributed by atoms with Crippen molar-refractivity contribution in [3.05, 3.63) is 51.7 Å². The molecule has 1 aromatic heterocycles. The predicted molar refractivity (Wildman–Crippen MR) is 122 cm³/mol. The lowest BCUT2D eigenvalue weighted by atomic mass is 10.00. The van der Waals surface area contributed by atoms with Gasteiger partial charge in [-0.25, -0.2) is 0 Å². The van der Waals surface area contributed by atoms with Crippen molar-refractivity contribution in [2.75, 3.05) is 32.8 Å². The third-order valence-corrected chi connectivity index (χ3v) is 6.35. The number of carbonyl (C=O) groups is 1. The molecule has 3 rings (SSSR count). The number of thiophene rings is 1. The fourth-order valence-corrected chi connectivity index (χ4v) is 4.99. The van der Waals surface area contributed by atoms with Crippen LogP contribution in [0.4, 0.5) is 0 Å². The Morgan fingerprint density at radius 3 is 2.63 bits per heavy atom. The van der Waals surface area contributed by atoms with Crippen molar-refractivity contribution in [1.29, 1.82) is 0 Å². The highest BCUT2D eigenvalue weighted by Crippen LogP contribution is 2.34. The molecule has 0 fully saturated rings. The highest BCUT2D eigenvalue weighted by Gasteiger charge is 2.33. The average molecular weight is 431 g/mol. The van der Waals surface area contributed by atoms with Crippen LogP contribution in [-0.4, -0.2) is 59.7 Å². The number of benzene rings is 1. The van der Waals surface area contributed by atoms with Gasteiger partial charge in [0.05, 0.1) is 18.7 Å². The van der Waals surface area contributed by atoms with Gasteiger partial charge < -0.3 is 14.7 Å². The van der Waals surface area contributed by atoms with Gasteiger partial charge in [-0.2, -0.15) is 0 Å². The van der Waals surface area contributed by atoms with Crippen molar-refractivity contribution in [3.63, 3.8) is 0 Å². The van der Waals surface area contributed by atoms with Crippen LogP contribution in [-0.2, 0) is 11.2 Å². The van der Waals surface area contributed by atoms with E-state index in [1.54, 1.807) is 18.3 Å². The summed E-state index contributed by atoms with van der Waals surface area (Å²) in [7, 11) is 0. The molecule has 1 aliphatic heterocycles. The number of rotatable bonds is 9. The van der Waals surface area contributed by atoms with Crippen molar-refractivity contribution in [3.8, 4) is 5.75 Å². The van der Waals surface area contributed by atoms with Crippen LogP contribution in [0.2, 0.25) is 0 Å². The number of aliphatic hydroxyl groups excluding tert-OH is 1. The highest BCUT2D eigenvalue weighted by atomic mass is 32.1. The minimum Gasteiger partial charge on any atom is -0.491 e. The first kappa shape index (κ1) is 22.8. The fourth-order valence-electron chi connectivity index (χ4n) is 4.06. The number of fused-ring (bicyclic) bond motifs is 1. The highest BCUT2D eigenvalue weighted by molar-refractivity contribution is 7.10. The SMILES string of the molecule is Cc1ccc(OC[C@@H]2c3ccsc3CCN2C(=O)CN(CC(C)C)C[C@H](C)O)cc1. The molecule has 5 nitrogen and oxygen atoms in total. The zero-order valence-corrected chi connectivity index (χ0v) is 19.3. The van der Waals surface area contributed by atoms with Crippen LogP contribution in [0.25, 0.3) is 0 Å². The van der Waals surface area contributed by atoms with Crippen LogP contribution < -0.4 is 4.74 Å². The molecule has 0 radical (unpaired) electrons. The van der Waals surface area contributed by atoms with Gasteiger partial charge in [0.25, 0.3) is 0 Å². The van der Waals surface area contributed by atoms with E-state index in [1.165, 1.54) is 16.0 Å². The van der Waals surface area contributed by atoms with Crippen molar-refractivity contribution in [2.45, 2.75) is 46.3 Å². The van der Waals surface area contributed by atoms with Gasteiger partial charge in [0.1, 0.15) is 12.4 Å². The van der Waals surface area contributed by atoms with Crippen LogP contribution in [0.5, 0.6) is 5.75 Å². The molecule has 1 aromatic carbocycles. The number of amides is 1. The van der Waals surface area contributed by atoms with Crippen molar-refractivity contribution < 1.29 is 14.6 Å². The van der Waals surface area contributed by atoms with E-state index in [4.69, 9.17) is 4.74 Å². The monoisotopic (exact) mass is 430 g/mol.